The molecule has 0 radical (unpaired) electrons. The highest BCUT2D eigenvalue weighted by Gasteiger charge is 2.40. The molecule has 21 heavy (non-hydrogen) atoms. The summed E-state index contributed by atoms with van der Waals surface area (Å²) in [6.45, 7) is -0.424. The molecule has 1 aromatic rings. The smallest absolute Gasteiger partial charge is 0.270 e. The van der Waals surface area contributed by atoms with Crippen molar-refractivity contribution >= 4 is 11.8 Å². The first-order valence-corrected chi connectivity index (χ1v) is 7.38. The van der Waals surface area contributed by atoms with E-state index >= 15 is 0 Å². The Morgan fingerprint density at radius 2 is 2.29 bits per heavy atom. The third-order valence-electron chi connectivity index (χ3n) is 4.61. The van der Waals surface area contributed by atoms with Crippen LogP contribution < -0.4 is 10.6 Å². The van der Waals surface area contributed by atoms with Gasteiger partial charge in [0.25, 0.3) is 5.91 Å². The zero-order valence-electron chi connectivity index (χ0n) is 11.7. The van der Waals surface area contributed by atoms with Gasteiger partial charge in [0, 0.05) is 6.04 Å². The Morgan fingerprint density at radius 1 is 1.43 bits per heavy atom. The fraction of sp³-hybridized carbons (Fsp3) is 0.643. The fourth-order valence-electron chi connectivity index (χ4n) is 3.51. The Morgan fingerprint density at radius 3 is 2.86 bits per heavy atom. The van der Waals surface area contributed by atoms with Gasteiger partial charge in [-0.3, -0.25) is 9.59 Å². The molecule has 2 bridgehead atoms. The maximum absolute atomic E-state index is 12.2. The molecule has 1 aromatic heterocycles. The Kier molecular flexibility index (Phi) is 3.92. The second kappa shape index (κ2) is 5.85. The molecule has 2 saturated carbocycles. The molecule has 0 saturated heterocycles. The number of hydrogen-bond donors (Lipinski definition) is 4. The number of aliphatic hydroxyl groups excluding tert-OH is 1. The maximum Gasteiger partial charge on any atom is 0.270 e. The van der Waals surface area contributed by atoms with E-state index in [9.17, 15) is 14.7 Å². The summed E-state index contributed by atoms with van der Waals surface area (Å²) in [5.74, 6) is 0.520. The van der Waals surface area contributed by atoms with Crippen LogP contribution in [0.5, 0.6) is 0 Å². The first kappa shape index (κ1) is 14.1. The number of carbonyl (C=O) groups excluding carboxylic acids is 2. The lowest BCUT2D eigenvalue weighted by molar-refractivity contribution is -0.124. The lowest BCUT2D eigenvalue weighted by Crippen LogP contribution is -2.52. The van der Waals surface area contributed by atoms with Crippen LogP contribution in [0.2, 0.25) is 0 Å². The molecular weight excluding hydrogens is 272 g/mol. The number of aliphatic hydroxyl groups is 1. The zero-order valence-corrected chi connectivity index (χ0v) is 11.7. The van der Waals surface area contributed by atoms with Crippen LogP contribution in [-0.4, -0.2) is 45.6 Å². The molecule has 7 nitrogen and oxygen atoms in total. The normalized spacial score (nSPS) is 28.3. The highest BCUT2D eigenvalue weighted by atomic mass is 16.3. The van der Waals surface area contributed by atoms with E-state index in [4.69, 9.17) is 0 Å². The van der Waals surface area contributed by atoms with Crippen LogP contribution in [0.3, 0.4) is 0 Å². The van der Waals surface area contributed by atoms with E-state index < -0.39 is 18.6 Å². The van der Waals surface area contributed by atoms with Gasteiger partial charge in [-0.05, 0) is 31.1 Å². The molecule has 0 spiro atoms. The average molecular weight is 292 g/mol. The monoisotopic (exact) mass is 292 g/mol. The molecule has 0 aromatic carbocycles. The van der Waals surface area contributed by atoms with Crippen LogP contribution in [0.4, 0.5) is 0 Å². The minimum absolute atomic E-state index is 0.189. The van der Waals surface area contributed by atoms with Crippen molar-refractivity contribution in [3.8, 4) is 0 Å². The number of imidazole rings is 1. The van der Waals surface area contributed by atoms with Gasteiger partial charge in [0.1, 0.15) is 11.7 Å². The van der Waals surface area contributed by atoms with Crippen LogP contribution >= 0.6 is 0 Å². The second-order valence-electron chi connectivity index (χ2n) is 5.96. The lowest BCUT2D eigenvalue weighted by atomic mass is 9.95. The molecule has 2 fully saturated rings. The number of nitrogens with zero attached hydrogens (tertiary/aromatic N) is 1. The van der Waals surface area contributed by atoms with Gasteiger partial charge >= 0.3 is 0 Å². The standard InChI is InChI=1S/C14H20N4O3/c19-6-12(18-13(20)11-5-15-7-16-11)14(21)17-10-4-8-1-2-9(10)3-8/h5,7-10,12,19H,1-4,6H2,(H,15,16)(H,17,21)(H,18,20)/t8?,9?,10?,12-/m0/s1. The Balaban J connectivity index is 1.55. The minimum Gasteiger partial charge on any atom is -0.394 e. The number of hydrogen-bond acceptors (Lipinski definition) is 4. The summed E-state index contributed by atoms with van der Waals surface area (Å²) in [7, 11) is 0. The van der Waals surface area contributed by atoms with Crippen molar-refractivity contribution in [2.24, 2.45) is 11.8 Å². The summed E-state index contributed by atoms with van der Waals surface area (Å²) in [5.41, 5.74) is 0.265. The molecule has 2 aliphatic carbocycles. The average Bonchev–Trinajstić information content (AvgIpc) is 3.20. The van der Waals surface area contributed by atoms with Crippen molar-refractivity contribution in [3.63, 3.8) is 0 Å². The molecule has 4 N–H and O–H groups in total. The summed E-state index contributed by atoms with van der Waals surface area (Å²) >= 11 is 0. The molecule has 2 aliphatic rings. The number of aromatic nitrogens is 2. The van der Waals surface area contributed by atoms with Crippen molar-refractivity contribution in [1.82, 2.24) is 20.6 Å². The molecule has 3 rings (SSSR count). The third-order valence-corrected chi connectivity index (χ3v) is 4.61. The molecule has 3 unspecified atom stereocenters. The molecule has 114 valence electrons. The molecule has 4 atom stereocenters. The van der Waals surface area contributed by atoms with Crippen molar-refractivity contribution in [2.45, 2.75) is 37.8 Å². The van der Waals surface area contributed by atoms with E-state index in [1.807, 2.05) is 0 Å². The van der Waals surface area contributed by atoms with Crippen molar-refractivity contribution < 1.29 is 14.7 Å². The summed E-state index contributed by atoms with van der Waals surface area (Å²) in [5, 5.41) is 14.8. The SMILES string of the molecule is O=C(N[C@@H](CO)C(=O)NC1CC2CCC1C2)c1cnc[nH]1. The van der Waals surface area contributed by atoms with E-state index in [0.717, 1.165) is 12.3 Å². The molecule has 2 amide bonds. The summed E-state index contributed by atoms with van der Waals surface area (Å²) in [4.78, 5) is 30.5. The first-order chi connectivity index (χ1) is 10.2. The van der Waals surface area contributed by atoms with Gasteiger partial charge < -0.3 is 20.7 Å². The topological polar surface area (TPSA) is 107 Å². The first-order valence-electron chi connectivity index (χ1n) is 7.38. The number of carbonyl (C=O) groups is 2. The van der Waals surface area contributed by atoms with Gasteiger partial charge in [0.2, 0.25) is 5.91 Å². The van der Waals surface area contributed by atoms with Crippen molar-refractivity contribution in [1.29, 1.82) is 0 Å². The number of fused-ring (bicyclic) bond motifs is 2. The Labute approximate surface area is 122 Å². The van der Waals surface area contributed by atoms with Crippen LogP contribution in [0.25, 0.3) is 0 Å². The molecular formula is C14H20N4O3. The van der Waals surface area contributed by atoms with E-state index in [1.165, 1.54) is 31.8 Å². The predicted octanol–water partition coefficient (Wildman–Crippen LogP) is -0.195. The maximum atomic E-state index is 12.2. The highest BCUT2D eigenvalue weighted by Crippen LogP contribution is 2.44. The van der Waals surface area contributed by atoms with Crippen LogP contribution in [0.1, 0.15) is 36.2 Å². The summed E-state index contributed by atoms with van der Waals surface area (Å²) < 4.78 is 0. The number of H-pyrrole nitrogens is 1. The van der Waals surface area contributed by atoms with Crippen molar-refractivity contribution in [2.75, 3.05) is 6.61 Å². The summed E-state index contributed by atoms with van der Waals surface area (Å²) in [6, 6.07) is -0.741. The number of amides is 2. The quantitative estimate of drug-likeness (QED) is 0.603. The zero-order chi connectivity index (χ0) is 14.8. The van der Waals surface area contributed by atoms with Gasteiger partial charge in [-0.2, -0.15) is 0 Å². The Hall–Kier alpha value is -1.89. The third kappa shape index (κ3) is 2.92. The van der Waals surface area contributed by atoms with E-state index in [2.05, 4.69) is 20.6 Å². The largest absolute Gasteiger partial charge is 0.394 e. The number of nitrogens with one attached hydrogen (secondary N) is 3. The Bertz CT molecular complexity index is 516. The highest BCUT2D eigenvalue weighted by molar-refractivity contribution is 5.96. The minimum atomic E-state index is -0.931. The molecule has 0 aliphatic heterocycles. The fourth-order valence-corrected chi connectivity index (χ4v) is 3.51. The van der Waals surface area contributed by atoms with Gasteiger partial charge in [0.15, 0.2) is 0 Å². The lowest BCUT2D eigenvalue weighted by Gasteiger charge is -2.25. The number of rotatable bonds is 5. The van der Waals surface area contributed by atoms with Crippen LogP contribution in [0.15, 0.2) is 12.5 Å². The van der Waals surface area contributed by atoms with E-state index in [1.54, 1.807) is 0 Å². The summed E-state index contributed by atoms with van der Waals surface area (Å²) in [6.07, 6.45) is 7.39. The van der Waals surface area contributed by atoms with Gasteiger partial charge in [-0.15, -0.1) is 0 Å². The van der Waals surface area contributed by atoms with Gasteiger partial charge in [0.05, 0.1) is 19.1 Å². The van der Waals surface area contributed by atoms with E-state index in [-0.39, 0.29) is 17.6 Å². The van der Waals surface area contributed by atoms with Gasteiger partial charge in [-0.25, -0.2) is 4.98 Å². The molecule has 1 heterocycles. The predicted molar refractivity (Wildman–Crippen MR) is 74.3 cm³/mol. The van der Waals surface area contributed by atoms with Crippen LogP contribution in [0, 0.1) is 11.8 Å². The second-order valence-corrected chi connectivity index (χ2v) is 5.96. The van der Waals surface area contributed by atoms with Crippen molar-refractivity contribution in [3.05, 3.63) is 18.2 Å². The number of aromatic amines is 1. The molecule has 7 heteroatoms. The van der Waals surface area contributed by atoms with Crippen LogP contribution in [-0.2, 0) is 4.79 Å². The van der Waals surface area contributed by atoms with Gasteiger partial charge in [-0.1, -0.05) is 6.42 Å². The van der Waals surface area contributed by atoms with E-state index in [0.29, 0.717) is 5.92 Å².